The van der Waals surface area contributed by atoms with Gasteiger partial charge in [0.2, 0.25) is 0 Å². The highest BCUT2D eigenvalue weighted by molar-refractivity contribution is 5.70. The Kier molecular flexibility index (Phi) is 39.7. The molecule has 1 heterocycles. The number of ether oxygens (including phenoxy) is 5. The molecule has 1 atom stereocenters. The van der Waals surface area contributed by atoms with Crippen LogP contribution < -0.4 is 5.32 Å². The molecular formula is C50H92N2O9. The summed E-state index contributed by atoms with van der Waals surface area (Å²) in [7, 11) is 0. The van der Waals surface area contributed by atoms with E-state index in [4.69, 9.17) is 23.7 Å². The van der Waals surface area contributed by atoms with E-state index in [1.807, 2.05) is 0 Å². The third-order valence-electron chi connectivity index (χ3n) is 11.2. The molecule has 2 N–H and O–H groups in total. The fourth-order valence-corrected chi connectivity index (χ4v) is 7.14. The van der Waals surface area contributed by atoms with Crippen molar-refractivity contribution in [2.45, 2.75) is 213 Å². The number of hydrogen-bond donors (Lipinski definition) is 2. The normalized spacial score (nSPS) is 14.3. The summed E-state index contributed by atoms with van der Waals surface area (Å²) < 4.78 is 28.9. The van der Waals surface area contributed by atoms with Crippen molar-refractivity contribution in [1.29, 1.82) is 0 Å². The van der Waals surface area contributed by atoms with Gasteiger partial charge in [0.15, 0.2) is 6.29 Å². The van der Waals surface area contributed by atoms with Crippen LogP contribution in [0.4, 0.5) is 4.79 Å². The molecule has 61 heavy (non-hydrogen) atoms. The third-order valence-corrected chi connectivity index (χ3v) is 11.2. The molecule has 0 spiro atoms. The highest BCUT2D eigenvalue weighted by atomic mass is 16.7. The fraction of sp³-hybridized carbons (Fsp3) is 0.860. The van der Waals surface area contributed by atoms with E-state index in [1.165, 1.54) is 77.0 Å². The van der Waals surface area contributed by atoms with Gasteiger partial charge in [-0.05, 0) is 64.2 Å². The summed E-state index contributed by atoms with van der Waals surface area (Å²) in [6, 6.07) is 0. The number of esters is 2. The van der Waals surface area contributed by atoms with Crippen molar-refractivity contribution in [1.82, 2.24) is 10.2 Å². The van der Waals surface area contributed by atoms with Gasteiger partial charge in [0.1, 0.15) is 19.8 Å². The maximum atomic E-state index is 13.0. The van der Waals surface area contributed by atoms with Crippen LogP contribution >= 0.6 is 0 Å². The van der Waals surface area contributed by atoms with Crippen LogP contribution in [0.25, 0.3) is 0 Å². The van der Waals surface area contributed by atoms with E-state index in [9.17, 15) is 19.5 Å². The number of allylic oxidation sites excluding steroid dienone is 4. The van der Waals surface area contributed by atoms with Crippen molar-refractivity contribution in [3.05, 3.63) is 24.3 Å². The lowest BCUT2D eigenvalue weighted by Gasteiger charge is -2.29. The number of unbranched alkanes of at least 4 members (excludes halogenated alkanes) is 18. The van der Waals surface area contributed by atoms with Gasteiger partial charge in [0.05, 0.1) is 18.4 Å². The average Bonchev–Trinajstić information content (AvgIpc) is 3.26. The van der Waals surface area contributed by atoms with Crippen molar-refractivity contribution in [2.75, 3.05) is 59.2 Å². The van der Waals surface area contributed by atoms with Crippen molar-refractivity contribution in [3.8, 4) is 0 Å². The van der Waals surface area contributed by atoms with Crippen LogP contribution in [0.1, 0.15) is 201 Å². The van der Waals surface area contributed by atoms with E-state index >= 15 is 0 Å². The Morgan fingerprint density at radius 1 is 0.607 bits per heavy atom. The number of hydrogen-bond acceptors (Lipinski definition) is 10. The summed E-state index contributed by atoms with van der Waals surface area (Å²) in [4.78, 5) is 40.4. The molecule has 0 saturated carbocycles. The minimum absolute atomic E-state index is 0.0128. The van der Waals surface area contributed by atoms with Crippen molar-refractivity contribution in [3.63, 3.8) is 0 Å². The van der Waals surface area contributed by atoms with Crippen LogP contribution in [-0.2, 0) is 33.3 Å². The Labute approximate surface area is 372 Å². The Balaban J connectivity index is 2.52. The summed E-state index contributed by atoms with van der Waals surface area (Å²) in [6.07, 6.45) is 36.4. The van der Waals surface area contributed by atoms with E-state index in [-0.39, 0.29) is 38.3 Å². The molecule has 1 unspecified atom stereocenters. The lowest BCUT2D eigenvalue weighted by molar-refractivity contribution is -0.161. The van der Waals surface area contributed by atoms with Gasteiger partial charge in [0.25, 0.3) is 0 Å². The summed E-state index contributed by atoms with van der Waals surface area (Å²) in [5.74, 6) is -1.20. The Morgan fingerprint density at radius 2 is 1.08 bits per heavy atom. The highest BCUT2D eigenvalue weighted by Crippen LogP contribution is 2.14. The zero-order valence-electron chi connectivity index (χ0n) is 39.4. The molecule has 11 nitrogen and oxygen atoms in total. The van der Waals surface area contributed by atoms with Crippen LogP contribution in [0.2, 0.25) is 0 Å². The standard InChI is InChI=1S/C50H92N2O9/c1-4-7-10-13-16-17-18-19-20-21-22-23-24-25-28-31-47(54)59-42-45(44-61-50(56)51-36-39-52-37-34-46(53)35-38-52)43-60-48(55)32-33-49(57-40-29-26-14-11-8-5-2)58-41-30-27-15-12-9-6-3/h16-17,19-20,45-46,49,53H,4-15,18,21-44H2,1-3H3,(H,51,56)/b17-16-,20-19-. The van der Waals surface area contributed by atoms with Gasteiger partial charge in [-0.15, -0.1) is 0 Å². The molecule has 1 rings (SSSR count). The zero-order chi connectivity index (χ0) is 44.3. The van der Waals surface area contributed by atoms with Gasteiger partial charge in [-0.25, -0.2) is 4.79 Å². The van der Waals surface area contributed by atoms with Crippen LogP contribution in [0.3, 0.4) is 0 Å². The molecular weight excluding hydrogens is 773 g/mol. The fourth-order valence-electron chi connectivity index (χ4n) is 7.14. The molecule has 1 aliphatic heterocycles. The lowest BCUT2D eigenvalue weighted by Crippen LogP contribution is -2.41. The smallest absolute Gasteiger partial charge is 0.407 e. The molecule has 0 radical (unpaired) electrons. The summed E-state index contributed by atoms with van der Waals surface area (Å²) in [6.45, 7) is 10.4. The Morgan fingerprint density at radius 3 is 1.67 bits per heavy atom. The van der Waals surface area contributed by atoms with Crippen molar-refractivity contribution in [2.24, 2.45) is 5.92 Å². The van der Waals surface area contributed by atoms with Gasteiger partial charge < -0.3 is 39.0 Å². The molecule has 1 fully saturated rings. The van der Waals surface area contributed by atoms with Crippen molar-refractivity contribution < 1.29 is 43.2 Å². The van der Waals surface area contributed by atoms with E-state index < -0.39 is 24.3 Å². The van der Waals surface area contributed by atoms with Gasteiger partial charge in [-0.1, -0.05) is 141 Å². The number of nitrogens with zero attached hydrogens (tertiary/aromatic N) is 1. The number of rotatable bonds is 42. The number of alkyl carbamates (subject to hydrolysis) is 1. The number of aliphatic hydroxyl groups is 1. The predicted molar refractivity (Wildman–Crippen MR) is 247 cm³/mol. The Hall–Kier alpha value is -2.47. The second kappa shape index (κ2) is 42.8. The summed E-state index contributed by atoms with van der Waals surface area (Å²) in [5.41, 5.74) is 0. The van der Waals surface area contributed by atoms with E-state index in [2.05, 4.69) is 55.3 Å². The molecule has 356 valence electrons. The average molecular weight is 865 g/mol. The Bertz CT molecular complexity index is 1060. The number of amides is 1. The van der Waals surface area contributed by atoms with Crippen LogP contribution in [0.5, 0.6) is 0 Å². The largest absolute Gasteiger partial charge is 0.465 e. The quantitative estimate of drug-likeness (QED) is 0.0201. The van der Waals surface area contributed by atoms with Crippen LogP contribution in [0.15, 0.2) is 24.3 Å². The summed E-state index contributed by atoms with van der Waals surface area (Å²) >= 11 is 0. The highest BCUT2D eigenvalue weighted by Gasteiger charge is 2.20. The first-order valence-electron chi connectivity index (χ1n) is 25.0. The molecule has 1 amide bonds. The van der Waals surface area contributed by atoms with Gasteiger partial charge >= 0.3 is 18.0 Å². The first kappa shape index (κ1) is 56.5. The lowest BCUT2D eigenvalue weighted by atomic mass is 10.1. The van der Waals surface area contributed by atoms with Gasteiger partial charge in [0, 0.05) is 52.2 Å². The summed E-state index contributed by atoms with van der Waals surface area (Å²) in [5, 5.41) is 12.5. The number of piperidine rings is 1. The number of carbonyl (C=O) groups excluding carboxylic acids is 3. The minimum atomic E-state index is -0.572. The zero-order valence-corrected chi connectivity index (χ0v) is 39.4. The second-order valence-corrected chi connectivity index (χ2v) is 17.1. The molecule has 11 heteroatoms. The maximum Gasteiger partial charge on any atom is 0.407 e. The van der Waals surface area contributed by atoms with Gasteiger partial charge in [-0.3, -0.25) is 9.59 Å². The van der Waals surface area contributed by atoms with E-state index in [0.29, 0.717) is 39.1 Å². The molecule has 1 aliphatic rings. The van der Waals surface area contributed by atoms with Crippen molar-refractivity contribution >= 4 is 18.0 Å². The van der Waals surface area contributed by atoms with Crippen LogP contribution in [0, 0.1) is 5.92 Å². The molecule has 0 aromatic carbocycles. The number of nitrogens with one attached hydrogen (secondary N) is 1. The first-order valence-corrected chi connectivity index (χ1v) is 25.0. The van der Waals surface area contributed by atoms with Gasteiger partial charge in [-0.2, -0.15) is 0 Å². The SMILES string of the molecule is CCCCC/C=C\C/C=C\CCCCCCCC(=O)OCC(COC(=O)CCC(OCCCCCCCC)OCCCCCCCC)COC(=O)NCCN1CCC(O)CC1. The van der Waals surface area contributed by atoms with E-state index in [0.717, 1.165) is 96.6 Å². The third kappa shape index (κ3) is 37.8. The maximum absolute atomic E-state index is 13.0. The minimum Gasteiger partial charge on any atom is -0.465 e. The molecule has 0 bridgehead atoms. The van der Waals surface area contributed by atoms with E-state index in [1.54, 1.807) is 0 Å². The number of aliphatic hydroxyl groups excluding tert-OH is 1. The number of carbonyl (C=O) groups is 3. The number of likely N-dealkylation sites (tertiary alicyclic amines) is 1. The first-order chi connectivity index (χ1) is 29.9. The topological polar surface area (TPSA) is 133 Å². The monoisotopic (exact) mass is 865 g/mol. The molecule has 0 aromatic heterocycles. The molecule has 1 saturated heterocycles. The van der Waals surface area contributed by atoms with Crippen LogP contribution in [-0.4, -0.2) is 99.6 Å². The predicted octanol–water partition coefficient (Wildman–Crippen LogP) is 11.5. The molecule has 0 aliphatic carbocycles. The second-order valence-electron chi connectivity index (χ2n) is 17.1. The molecule has 0 aromatic rings.